The molecule has 0 atom stereocenters. The lowest BCUT2D eigenvalue weighted by Crippen LogP contribution is -2.38. The monoisotopic (exact) mass is 434 g/mol. The van der Waals surface area contributed by atoms with Crippen LogP contribution >= 0.6 is 0 Å². The summed E-state index contributed by atoms with van der Waals surface area (Å²) in [5, 5.41) is 8.22. The number of hydrogen-bond donors (Lipinski definition) is 0. The Balaban J connectivity index is 1.52. The zero-order valence-corrected chi connectivity index (χ0v) is 17.8. The molecule has 4 rings (SSSR count). The Kier molecular flexibility index (Phi) is 5.49. The van der Waals surface area contributed by atoms with Crippen LogP contribution in [0.2, 0.25) is 0 Å². The molecule has 3 aromatic heterocycles. The van der Waals surface area contributed by atoms with Gasteiger partial charge in [0, 0.05) is 43.0 Å². The summed E-state index contributed by atoms with van der Waals surface area (Å²) in [6.45, 7) is 7.26. The molecule has 4 heterocycles. The molecule has 10 heteroatoms. The molecule has 0 unspecified atom stereocenters. The number of carbonyl (C=O) groups is 1. The van der Waals surface area contributed by atoms with Crippen LogP contribution in [0.25, 0.3) is 5.65 Å². The molecule has 7 nitrogen and oxygen atoms in total. The molecule has 1 saturated heterocycles. The molecule has 1 fully saturated rings. The zero-order chi connectivity index (χ0) is 22.3. The van der Waals surface area contributed by atoms with Gasteiger partial charge in [-0.3, -0.25) is 9.48 Å². The average Bonchev–Trinajstić information content (AvgIpc) is 3.28. The van der Waals surface area contributed by atoms with E-state index < -0.39 is 11.9 Å². The fourth-order valence-electron chi connectivity index (χ4n) is 4.16. The molecule has 0 bridgehead atoms. The van der Waals surface area contributed by atoms with Crippen molar-refractivity contribution >= 4 is 11.6 Å². The van der Waals surface area contributed by atoms with E-state index in [1.807, 2.05) is 18.5 Å². The smallest absolute Gasteiger partial charge is 0.338 e. The normalized spacial score (nSPS) is 15.7. The number of carbonyl (C=O) groups excluding carboxylic acids is 1. The molecular weight excluding hydrogens is 409 g/mol. The van der Waals surface area contributed by atoms with E-state index in [4.69, 9.17) is 0 Å². The van der Waals surface area contributed by atoms with Crippen LogP contribution in [0.1, 0.15) is 65.2 Å². The quantitative estimate of drug-likeness (QED) is 0.623. The van der Waals surface area contributed by atoms with Gasteiger partial charge in [-0.1, -0.05) is 6.92 Å². The van der Waals surface area contributed by atoms with Gasteiger partial charge in [0.05, 0.1) is 17.5 Å². The highest BCUT2D eigenvalue weighted by molar-refractivity contribution is 5.95. The van der Waals surface area contributed by atoms with Crippen LogP contribution in [0.15, 0.2) is 18.3 Å². The van der Waals surface area contributed by atoms with Crippen molar-refractivity contribution in [3.63, 3.8) is 0 Å². The molecule has 0 aromatic carbocycles. The molecular formula is C21H25F3N6O. The van der Waals surface area contributed by atoms with Gasteiger partial charge in [-0.15, -0.1) is 0 Å². The van der Waals surface area contributed by atoms with Gasteiger partial charge < -0.3 is 4.90 Å². The second-order valence-corrected chi connectivity index (χ2v) is 8.05. The first kappa shape index (κ1) is 21.3. The lowest BCUT2D eigenvalue weighted by Gasteiger charge is -2.32. The lowest BCUT2D eigenvalue weighted by atomic mass is 9.92. The van der Waals surface area contributed by atoms with Gasteiger partial charge in [0.1, 0.15) is 5.69 Å². The molecule has 0 N–H and O–H groups in total. The number of aryl methyl sites for hydroxylation is 2. The first-order valence-corrected chi connectivity index (χ1v) is 10.4. The van der Waals surface area contributed by atoms with Crippen LogP contribution in [0.4, 0.5) is 13.2 Å². The minimum absolute atomic E-state index is 0.0795. The van der Waals surface area contributed by atoms with Crippen LogP contribution in [0.5, 0.6) is 0 Å². The Morgan fingerprint density at radius 2 is 1.90 bits per heavy atom. The van der Waals surface area contributed by atoms with Gasteiger partial charge in [0.2, 0.25) is 0 Å². The van der Waals surface area contributed by atoms with E-state index in [0.29, 0.717) is 42.9 Å². The first-order valence-electron chi connectivity index (χ1n) is 10.4. The van der Waals surface area contributed by atoms with Crippen LogP contribution in [0, 0.1) is 13.8 Å². The van der Waals surface area contributed by atoms with E-state index in [0.717, 1.165) is 29.2 Å². The topological polar surface area (TPSA) is 68.3 Å². The van der Waals surface area contributed by atoms with Gasteiger partial charge in [-0.05, 0) is 39.2 Å². The highest BCUT2D eigenvalue weighted by Crippen LogP contribution is 2.34. The van der Waals surface area contributed by atoms with Gasteiger partial charge in [0.25, 0.3) is 5.91 Å². The van der Waals surface area contributed by atoms with Crippen molar-refractivity contribution in [1.82, 2.24) is 29.3 Å². The van der Waals surface area contributed by atoms with Crippen molar-refractivity contribution < 1.29 is 18.0 Å². The Hall–Kier alpha value is -2.91. The van der Waals surface area contributed by atoms with Crippen molar-refractivity contribution in [2.75, 3.05) is 13.1 Å². The molecule has 31 heavy (non-hydrogen) atoms. The third-order valence-corrected chi connectivity index (χ3v) is 5.83. The zero-order valence-electron chi connectivity index (χ0n) is 17.8. The molecule has 3 aromatic rings. The summed E-state index contributed by atoms with van der Waals surface area (Å²) < 4.78 is 43.4. The van der Waals surface area contributed by atoms with Crippen LogP contribution in [-0.2, 0) is 12.7 Å². The maximum atomic E-state index is 13.6. The third kappa shape index (κ3) is 4.03. The lowest BCUT2D eigenvalue weighted by molar-refractivity contribution is -0.142. The number of hydrogen-bond acceptors (Lipinski definition) is 4. The number of rotatable bonds is 4. The Bertz CT molecular complexity index is 1110. The number of nitrogens with zero attached hydrogens (tertiary/aromatic N) is 6. The minimum atomic E-state index is -4.53. The van der Waals surface area contributed by atoms with E-state index >= 15 is 0 Å². The summed E-state index contributed by atoms with van der Waals surface area (Å²) in [5.74, 6) is -0.224. The van der Waals surface area contributed by atoms with Gasteiger partial charge in [-0.25, -0.2) is 9.50 Å². The van der Waals surface area contributed by atoms with E-state index in [2.05, 4.69) is 15.2 Å². The molecule has 0 saturated carbocycles. The standard InChI is InChI=1S/C21H25F3N6O/c1-4-7-29-14(3)16(12-25-29)20(31)28-8-5-15(6-9-28)17-11-18(21(22,23)24)30-19(26-17)10-13(2)27-30/h10-12,15H,4-9H2,1-3H3. The van der Waals surface area contributed by atoms with E-state index in [1.165, 1.54) is 0 Å². The number of amides is 1. The number of likely N-dealkylation sites (tertiary alicyclic amines) is 1. The molecule has 1 amide bonds. The highest BCUT2D eigenvalue weighted by Gasteiger charge is 2.36. The molecule has 0 aliphatic carbocycles. The summed E-state index contributed by atoms with van der Waals surface area (Å²) in [5.41, 5.74) is 1.68. The minimum Gasteiger partial charge on any atom is -0.338 e. The number of aromatic nitrogens is 5. The Labute approximate surface area is 177 Å². The average molecular weight is 434 g/mol. The number of fused-ring (bicyclic) bond motifs is 1. The largest absolute Gasteiger partial charge is 0.433 e. The SMILES string of the molecule is CCCn1ncc(C(=O)N2CCC(c3cc(C(F)(F)F)n4nc(C)cc4n3)CC2)c1C. The van der Waals surface area contributed by atoms with Crippen molar-refractivity contribution in [3.05, 3.63) is 46.7 Å². The van der Waals surface area contributed by atoms with Crippen molar-refractivity contribution in [2.45, 2.75) is 58.7 Å². The van der Waals surface area contributed by atoms with Gasteiger partial charge in [0.15, 0.2) is 5.65 Å². The second kappa shape index (κ2) is 7.97. The molecule has 0 radical (unpaired) electrons. The Morgan fingerprint density at radius 1 is 1.19 bits per heavy atom. The second-order valence-electron chi connectivity index (χ2n) is 8.05. The van der Waals surface area contributed by atoms with Gasteiger partial charge in [-0.2, -0.15) is 23.4 Å². The van der Waals surface area contributed by atoms with Crippen molar-refractivity contribution in [3.8, 4) is 0 Å². The van der Waals surface area contributed by atoms with E-state index in [-0.39, 0.29) is 17.5 Å². The predicted octanol–water partition coefficient (Wildman–Crippen LogP) is 3.99. The summed E-state index contributed by atoms with van der Waals surface area (Å²) in [4.78, 5) is 19.1. The van der Waals surface area contributed by atoms with Crippen LogP contribution in [0.3, 0.4) is 0 Å². The van der Waals surface area contributed by atoms with Crippen molar-refractivity contribution in [1.29, 1.82) is 0 Å². The molecule has 1 aliphatic heterocycles. The molecule has 1 aliphatic rings. The van der Waals surface area contributed by atoms with Crippen LogP contribution < -0.4 is 0 Å². The summed E-state index contributed by atoms with van der Waals surface area (Å²) in [6, 6.07) is 2.65. The fraction of sp³-hybridized carbons (Fsp3) is 0.524. The molecule has 0 spiro atoms. The maximum absolute atomic E-state index is 13.6. The summed E-state index contributed by atoms with van der Waals surface area (Å²) >= 11 is 0. The van der Waals surface area contributed by atoms with Gasteiger partial charge >= 0.3 is 6.18 Å². The van der Waals surface area contributed by atoms with E-state index in [9.17, 15) is 18.0 Å². The number of alkyl halides is 3. The summed E-state index contributed by atoms with van der Waals surface area (Å²) in [6.07, 6.45) is -0.883. The molecule has 166 valence electrons. The first-order chi connectivity index (χ1) is 14.7. The third-order valence-electron chi connectivity index (χ3n) is 5.83. The number of piperidine rings is 1. The predicted molar refractivity (Wildman–Crippen MR) is 108 cm³/mol. The summed E-state index contributed by atoms with van der Waals surface area (Å²) in [7, 11) is 0. The van der Waals surface area contributed by atoms with Crippen LogP contribution in [-0.4, -0.2) is 48.3 Å². The Morgan fingerprint density at radius 3 is 2.55 bits per heavy atom. The number of halogens is 3. The highest BCUT2D eigenvalue weighted by atomic mass is 19.4. The fourth-order valence-corrected chi connectivity index (χ4v) is 4.16. The van der Waals surface area contributed by atoms with E-state index in [1.54, 1.807) is 24.1 Å². The van der Waals surface area contributed by atoms with Crippen molar-refractivity contribution in [2.24, 2.45) is 0 Å². The maximum Gasteiger partial charge on any atom is 0.433 e.